The Labute approximate surface area is 175 Å². The van der Waals surface area contributed by atoms with Gasteiger partial charge in [0.15, 0.2) is 9.92 Å². The van der Waals surface area contributed by atoms with Crippen molar-refractivity contribution in [1.82, 2.24) is 5.32 Å². The van der Waals surface area contributed by atoms with Gasteiger partial charge in [0.25, 0.3) is 0 Å². The van der Waals surface area contributed by atoms with Crippen LogP contribution in [0.15, 0.2) is 26.8 Å². The van der Waals surface area contributed by atoms with Gasteiger partial charge in [0.1, 0.15) is 4.21 Å². The number of hydrogen-bond acceptors (Lipinski definition) is 4. The first-order chi connectivity index (χ1) is 14.0. The molecule has 2 atom stereocenters. The van der Waals surface area contributed by atoms with E-state index < -0.39 is 15.9 Å². The van der Waals surface area contributed by atoms with Gasteiger partial charge in [-0.05, 0) is 92.3 Å². The molecule has 5 rings (SSSR count). The van der Waals surface area contributed by atoms with E-state index in [-0.39, 0.29) is 6.04 Å². The smallest absolute Gasteiger partial charge is 0.309 e. The lowest BCUT2D eigenvalue weighted by Crippen LogP contribution is -2.18. The number of nitrogens with zero attached hydrogens (tertiary/aromatic N) is 1. The highest BCUT2D eigenvalue weighted by Crippen LogP contribution is 2.39. The number of thiophene rings is 1. The number of amides is 2. The zero-order chi connectivity index (χ0) is 20.0. The maximum absolute atomic E-state index is 13.0. The molecule has 0 spiro atoms. The molecule has 154 valence electrons. The molecule has 2 heterocycles. The fraction of sp³-hybridized carbons (Fsp3) is 0.476. The fourth-order valence-corrected chi connectivity index (χ4v) is 7.24. The summed E-state index contributed by atoms with van der Waals surface area (Å²) in [6, 6.07) is 5.68. The molecule has 6 nitrogen and oxygen atoms in total. The molecule has 1 aromatic heterocycles. The van der Waals surface area contributed by atoms with Crippen LogP contribution in [0.25, 0.3) is 0 Å². The van der Waals surface area contributed by atoms with Gasteiger partial charge in [-0.2, -0.15) is 0 Å². The number of carbonyl (C=O) groups is 1. The van der Waals surface area contributed by atoms with Gasteiger partial charge in [-0.1, -0.05) is 6.07 Å². The number of anilines is 1. The molecule has 4 N–H and O–H groups in total. The van der Waals surface area contributed by atoms with Crippen LogP contribution in [-0.4, -0.2) is 16.8 Å². The Bertz CT molecular complexity index is 1060. The van der Waals surface area contributed by atoms with Crippen LogP contribution in [0, 0.1) is 0 Å². The predicted molar refractivity (Wildman–Crippen MR) is 117 cm³/mol. The molecule has 2 aromatic rings. The second-order valence-electron chi connectivity index (χ2n) is 8.13. The SMILES string of the molecule is N[S@@](=O)(=NC(=O)Nc1c2c(cc3c1CCC3)CCC2)c1ccc([C@@H]2CCCN2)s1. The van der Waals surface area contributed by atoms with Gasteiger partial charge in [0, 0.05) is 16.6 Å². The zero-order valence-corrected chi connectivity index (χ0v) is 18.0. The predicted octanol–water partition coefficient (Wildman–Crippen LogP) is 4.08. The van der Waals surface area contributed by atoms with Crippen molar-refractivity contribution in [1.29, 1.82) is 0 Å². The highest BCUT2D eigenvalue weighted by Gasteiger charge is 2.26. The summed E-state index contributed by atoms with van der Waals surface area (Å²) in [6.07, 6.45) is 8.48. The minimum atomic E-state index is -3.26. The monoisotopic (exact) mass is 430 g/mol. The summed E-state index contributed by atoms with van der Waals surface area (Å²) < 4.78 is 17.4. The van der Waals surface area contributed by atoms with Crippen molar-refractivity contribution in [2.75, 3.05) is 11.9 Å². The van der Waals surface area contributed by atoms with E-state index in [4.69, 9.17) is 5.14 Å². The van der Waals surface area contributed by atoms with Crippen LogP contribution < -0.4 is 15.8 Å². The molecule has 0 bridgehead atoms. The molecule has 2 aliphatic carbocycles. The Morgan fingerprint density at radius 1 is 1.14 bits per heavy atom. The lowest BCUT2D eigenvalue weighted by atomic mass is 9.99. The van der Waals surface area contributed by atoms with E-state index in [1.165, 1.54) is 33.6 Å². The molecule has 0 radical (unpaired) electrons. The Morgan fingerprint density at radius 3 is 2.52 bits per heavy atom. The van der Waals surface area contributed by atoms with Crippen molar-refractivity contribution in [2.45, 2.75) is 61.6 Å². The topological polar surface area (TPSA) is 96.6 Å². The number of nitrogens with one attached hydrogen (secondary N) is 2. The minimum Gasteiger partial charge on any atom is -0.309 e. The third-order valence-corrected chi connectivity index (χ3v) is 9.33. The molecular weight excluding hydrogens is 404 g/mol. The van der Waals surface area contributed by atoms with E-state index >= 15 is 0 Å². The number of nitrogens with two attached hydrogens (primary N) is 1. The average molecular weight is 431 g/mol. The largest absolute Gasteiger partial charge is 0.354 e. The van der Waals surface area contributed by atoms with E-state index in [1.54, 1.807) is 6.07 Å². The second kappa shape index (κ2) is 7.50. The first-order valence-corrected chi connectivity index (χ1v) is 12.8. The van der Waals surface area contributed by atoms with Gasteiger partial charge in [-0.25, -0.2) is 14.1 Å². The lowest BCUT2D eigenvalue weighted by Gasteiger charge is -2.15. The third-order valence-electron chi connectivity index (χ3n) is 6.22. The zero-order valence-electron chi connectivity index (χ0n) is 16.3. The Hall–Kier alpha value is -1.74. The first-order valence-electron chi connectivity index (χ1n) is 10.4. The van der Waals surface area contributed by atoms with Crippen LogP contribution in [0.1, 0.15) is 58.9 Å². The quantitative estimate of drug-likeness (QED) is 0.684. The molecular formula is C21H26N4O2S2. The summed E-state index contributed by atoms with van der Waals surface area (Å²) in [6.45, 7) is 0.994. The molecule has 0 saturated carbocycles. The highest BCUT2D eigenvalue weighted by molar-refractivity contribution is 7.93. The molecule has 8 heteroatoms. The summed E-state index contributed by atoms with van der Waals surface area (Å²) in [5.41, 5.74) is 6.02. The molecule has 1 aromatic carbocycles. The summed E-state index contributed by atoms with van der Waals surface area (Å²) >= 11 is 1.39. The van der Waals surface area contributed by atoms with Gasteiger partial charge < -0.3 is 10.6 Å². The Morgan fingerprint density at radius 2 is 1.86 bits per heavy atom. The van der Waals surface area contributed by atoms with Gasteiger partial charge in [-0.15, -0.1) is 15.7 Å². The summed E-state index contributed by atoms with van der Waals surface area (Å²) in [4.78, 5) is 13.8. The van der Waals surface area contributed by atoms with Crippen LogP contribution >= 0.6 is 11.3 Å². The lowest BCUT2D eigenvalue weighted by molar-refractivity contribution is 0.260. The van der Waals surface area contributed by atoms with Crippen molar-refractivity contribution in [2.24, 2.45) is 9.50 Å². The van der Waals surface area contributed by atoms with Gasteiger partial charge >= 0.3 is 6.03 Å². The normalized spacial score (nSPS) is 22.2. The van der Waals surface area contributed by atoms with E-state index in [1.807, 2.05) is 6.07 Å². The second-order valence-corrected chi connectivity index (χ2v) is 11.3. The van der Waals surface area contributed by atoms with Crippen LogP contribution in [0.5, 0.6) is 0 Å². The maximum Gasteiger partial charge on any atom is 0.354 e. The van der Waals surface area contributed by atoms with Crippen molar-refractivity contribution in [3.05, 3.63) is 45.3 Å². The third kappa shape index (κ3) is 3.63. The average Bonchev–Trinajstić information content (AvgIpc) is 3.46. The van der Waals surface area contributed by atoms with Gasteiger partial charge in [-0.3, -0.25) is 0 Å². The van der Waals surface area contributed by atoms with Crippen LogP contribution in [0.3, 0.4) is 0 Å². The summed E-state index contributed by atoms with van der Waals surface area (Å²) in [5.74, 6) is 0. The van der Waals surface area contributed by atoms with Gasteiger partial charge in [0.05, 0.1) is 0 Å². The van der Waals surface area contributed by atoms with Gasteiger partial charge in [0.2, 0.25) is 0 Å². The minimum absolute atomic E-state index is 0.285. The number of fused-ring (bicyclic) bond motifs is 2. The van der Waals surface area contributed by atoms with Crippen molar-refractivity contribution in [3.8, 4) is 0 Å². The molecule has 1 aliphatic heterocycles. The Kier molecular flexibility index (Phi) is 4.98. The number of urea groups is 1. The molecule has 29 heavy (non-hydrogen) atoms. The maximum atomic E-state index is 13.0. The molecule has 3 aliphatic rings. The number of hydrogen-bond donors (Lipinski definition) is 3. The van der Waals surface area contributed by atoms with E-state index in [0.29, 0.717) is 4.21 Å². The molecule has 0 unspecified atom stereocenters. The van der Waals surface area contributed by atoms with Crippen LogP contribution in [0.2, 0.25) is 0 Å². The van der Waals surface area contributed by atoms with Crippen LogP contribution in [0.4, 0.5) is 10.5 Å². The van der Waals surface area contributed by atoms with Crippen molar-refractivity contribution >= 4 is 33.0 Å². The van der Waals surface area contributed by atoms with Crippen LogP contribution in [-0.2, 0) is 35.6 Å². The first kappa shape index (κ1) is 19.2. The highest BCUT2D eigenvalue weighted by atomic mass is 32.2. The van der Waals surface area contributed by atoms with E-state index in [9.17, 15) is 9.00 Å². The van der Waals surface area contributed by atoms with Crippen molar-refractivity contribution in [3.63, 3.8) is 0 Å². The van der Waals surface area contributed by atoms with E-state index in [0.717, 1.165) is 68.5 Å². The summed E-state index contributed by atoms with van der Waals surface area (Å²) in [7, 11) is -3.26. The molecule has 1 fully saturated rings. The summed E-state index contributed by atoms with van der Waals surface area (Å²) in [5, 5.41) is 12.4. The number of carbonyl (C=O) groups excluding carboxylic acids is 1. The fourth-order valence-electron chi connectivity index (χ4n) is 4.87. The standard InChI is InChI=1S/C21H26N4O2S2/c22-29(27,19-10-9-18(28-19)17-8-3-11-23-17)25-21(26)24-20-15-6-1-4-13(15)12-14-5-2-7-16(14)20/h9-10,12,17,23H,1-8,11H2,(H3,22,24,25,26,27)/t17-,29+/m0/s1. The van der Waals surface area contributed by atoms with Crippen molar-refractivity contribution < 1.29 is 9.00 Å². The van der Waals surface area contributed by atoms with E-state index in [2.05, 4.69) is 21.1 Å². The molecule has 1 saturated heterocycles. The molecule has 2 amide bonds. The number of aryl methyl sites for hydroxylation is 2. The number of rotatable bonds is 3. The number of benzene rings is 1. The Balaban J connectivity index is 1.42.